The molecule has 0 aliphatic carbocycles. The van der Waals surface area contributed by atoms with Gasteiger partial charge in [-0.1, -0.05) is 0 Å². The zero-order valence-corrected chi connectivity index (χ0v) is 12.8. The third-order valence-corrected chi connectivity index (χ3v) is 1.79. The first-order chi connectivity index (χ1) is 6.19. The monoisotopic (exact) mass is 277 g/mol. The Kier molecular flexibility index (Phi) is 8.23. The van der Waals surface area contributed by atoms with E-state index in [4.69, 9.17) is 10.1 Å². The third kappa shape index (κ3) is 4.03. The molecule has 0 amide bonds. The van der Waals surface area contributed by atoms with Crippen LogP contribution in [-0.4, -0.2) is 21.2 Å². The van der Waals surface area contributed by atoms with Gasteiger partial charge in [-0.3, -0.25) is 0 Å². The van der Waals surface area contributed by atoms with Crippen LogP contribution in [0.3, 0.4) is 0 Å². The van der Waals surface area contributed by atoms with Crippen LogP contribution in [0.25, 0.3) is 4.98 Å². The van der Waals surface area contributed by atoms with Crippen molar-refractivity contribution < 1.29 is 36.6 Å². The molecule has 1 rings (SSSR count). The normalized spacial score (nSPS) is 7.87. The predicted octanol–water partition coefficient (Wildman–Crippen LogP) is -0.753. The summed E-state index contributed by atoms with van der Waals surface area (Å²) in [5.74, 6) is 0.564. The van der Waals surface area contributed by atoms with Gasteiger partial charge in [0.2, 0.25) is 11.1 Å². The minimum atomic E-state index is 0. The summed E-state index contributed by atoms with van der Waals surface area (Å²) in [7, 11) is 5.42. The number of rotatable bonds is 2. The number of methoxy groups -OCH3 is 1. The topological polar surface area (TPSA) is 40.6 Å². The molecule has 0 heterocycles. The maximum atomic E-state index is 8.61. The van der Waals surface area contributed by atoms with E-state index in [1.807, 2.05) is 31.1 Å². The summed E-state index contributed by atoms with van der Waals surface area (Å²) >= 11 is 0. The van der Waals surface area contributed by atoms with Crippen molar-refractivity contribution in [2.24, 2.45) is 0 Å². The molecule has 1 aromatic carbocycles. The molecule has 0 saturated carbocycles. The average Bonchev–Trinajstić information content (AvgIpc) is 2.16. The zero-order chi connectivity index (χ0) is 9.84. The van der Waals surface area contributed by atoms with E-state index in [1.54, 1.807) is 13.2 Å². The molecule has 0 fully saturated rings. The second-order valence-electron chi connectivity index (χ2n) is 2.85. The fourth-order valence-electron chi connectivity index (χ4n) is 1.03. The SMILES string of the molecule is COc1cc(N(C)C)ccc1[N+]#N.[Cl-].[Zn+2]. The van der Waals surface area contributed by atoms with Crippen LogP contribution in [0, 0.1) is 5.39 Å². The first-order valence-electron chi connectivity index (χ1n) is 3.89. The number of diazo groups is 1. The summed E-state index contributed by atoms with van der Waals surface area (Å²) in [5.41, 5.74) is 1.44. The molecular weight excluding hydrogens is 267 g/mol. The molecule has 0 bridgehead atoms. The number of anilines is 1. The predicted molar refractivity (Wildman–Crippen MR) is 52.1 cm³/mol. The Morgan fingerprint density at radius 3 is 2.33 bits per heavy atom. The Hall–Kier alpha value is -0.847. The first-order valence-corrected chi connectivity index (χ1v) is 3.89. The number of halogens is 1. The second-order valence-corrected chi connectivity index (χ2v) is 2.85. The Labute approximate surface area is 108 Å². The average molecular weight is 279 g/mol. The number of nitrogens with zero attached hydrogens (tertiary/aromatic N) is 3. The van der Waals surface area contributed by atoms with E-state index in [-0.39, 0.29) is 31.9 Å². The Morgan fingerprint density at radius 2 is 1.93 bits per heavy atom. The van der Waals surface area contributed by atoms with E-state index in [0.29, 0.717) is 11.4 Å². The smallest absolute Gasteiger partial charge is 1.00 e. The molecular formula is C9H12ClN3OZn+2. The molecule has 76 valence electrons. The van der Waals surface area contributed by atoms with Gasteiger partial charge in [-0.05, 0) is 6.07 Å². The Morgan fingerprint density at radius 1 is 1.33 bits per heavy atom. The molecule has 6 heteroatoms. The van der Waals surface area contributed by atoms with Crippen LogP contribution in [0.4, 0.5) is 11.4 Å². The summed E-state index contributed by atoms with van der Waals surface area (Å²) in [5, 5.41) is 8.61. The Balaban J connectivity index is 0. The van der Waals surface area contributed by atoms with Crippen LogP contribution in [0.1, 0.15) is 0 Å². The molecule has 0 N–H and O–H groups in total. The molecule has 0 aliphatic rings. The third-order valence-electron chi connectivity index (χ3n) is 1.79. The van der Waals surface area contributed by atoms with Gasteiger partial charge < -0.3 is 22.0 Å². The van der Waals surface area contributed by atoms with Gasteiger partial charge in [0.05, 0.1) is 7.11 Å². The van der Waals surface area contributed by atoms with Gasteiger partial charge in [0, 0.05) is 31.9 Å². The van der Waals surface area contributed by atoms with Crippen LogP contribution in [0.2, 0.25) is 0 Å². The molecule has 0 unspecified atom stereocenters. The van der Waals surface area contributed by atoms with E-state index in [9.17, 15) is 0 Å². The van der Waals surface area contributed by atoms with Crippen molar-refractivity contribution in [3.8, 4) is 5.75 Å². The van der Waals surface area contributed by atoms with E-state index in [1.165, 1.54) is 0 Å². The summed E-state index contributed by atoms with van der Waals surface area (Å²) in [6.07, 6.45) is 0. The van der Waals surface area contributed by atoms with Gasteiger partial charge in [-0.25, -0.2) is 0 Å². The number of benzene rings is 1. The molecule has 0 saturated heterocycles. The van der Waals surface area contributed by atoms with Crippen LogP contribution in [0.5, 0.6) is 5.75 Å². The molecule has 1 aromatic rings. The minimum absolute atomic E-state index is 0. The van der Waals surface area contributed by atoms with Gasteiger partial charge in [-0.2, -0.15) is 0 Å². The van der Waals surface area contributed by atoms with E-state index >= 15 is 0 Å². The van der Waals surface area contributed by atoms with Crippen LogP contribution >= 0.6 is 0 Å². The van der Waals surface area contributed by atoms with Crippen LogP contribution in [-0.2, 0) is 19.5 Å². The summed E-state index contributed by atoms with van der Waals surface area (Å²) < 4.78 is 5.05. The fraction of sp³-hybridized carbons (Fsp3) is 0.333. The van der Waals surface area contributed by atoms with Gasteiger partial charge in [0.25, 0.3) is 0 Å². The molecule has 0 radical (unpaired) electrons. The largest absolute Gasteiger partial charge is 2.00 e. The van der Waals surface area contributed by atoms with Gasteiger partial charge in [-0.15, -0.1) is 0 Å². The summed E-state index contributed by atoms with van der Waals surface area (Å²) in [6, 6.07) is 5.38. The van der Waals surface area contributed by atoms with Crippen molar-refractivity contribution in [1.82, 2.24) is 0 Å². The van der Waals surface area contributed by atoms with Crippen molar-refractivity contribution in [2.45, 2.75) is 0 Å². The minimum Gasteiger partial charge on any atom is -1.00 e. The number of ether oxygens (including phenoxy) is 1. The summed E-state index contributed by atoms with van der Waals surface area (Å²) in [6.45, 7) is 0. The van der Waals surface area contributed by atoms with Crippen LogP contribution in [0.15, 0.2) is 18.2 Å². The maximum absolute atomic E-state index is 8.61. The molecule has 0 spiro atoms. The van der Waals surface area contributed by atoms with Crippen molar-refractivity contribution in [3.05, 3.63) is 23.2 Å². The molecule has 0 atom stereocenters. The standard InChI is InChI=1S/C9H12N3O.ClH.Zn/c1-12(2)7-4-5-8(11-10)9(6-7)13-3;;/h4-6H,1-3H3;1H;/q+1;;+2/p-1. The van der Waals surface area contributed by atoms with E-state index in [0.717, 1.165) is 5.69 Å². The quantitative estimate of drug-likeness (QED) is 0.528. The second kappa shape index (κ2) is 7.45. The fourth-order valence-corrected chi connectivity index (χ4v) is 1.03. The van der Waals surface area contributed by atoms with E-state index in [2.05, 4.69) is 4.98 Å². The molecule has 0 aliphatic heterocycles. The van der Waals surface area contributed by atoms with Crippen LogP contribution < -0.4 is 22.0 Å². The van der Waals surface area contributed by atoms with Crippen molar-refractivity contribution in [3.63, 3.8) is 0 Å². The zero-order valence-electron chi connectivity index (χ0n) is 9.07. The van der Waals surface area contributed by atoms with Gasteiger partial charge in [0.15, 0.2) is 4.98 Å². The first kappa shape index (κ1) is 16.6. The molecule has 15 heavy (non-hydrogen) atoms. The molecule has 4 nitrogen and oxygen atoms in total. The molecule has 0 aromatic heterocycles. The van der Waals surface area contributed by atoms with Crippen molar-refractivity contribution in [2.75, 3.05) is 26.1 Å². The summed E-state index contributed by atoms with van der Waals surface area (Å²) in [4.78, 5) is 5.05. The maximum Gasteiger partial charge on any atom is 2.00 e. The van der Waals surface area contributed by atoms with Crippen molar-refractivity contribution in [1.29, 1.82) is 5.39 Å². The van der Waals surface area contributed by atoms with E-state index < -0.39 is 0 Å². The Bertz CT molecular complexity index is 352. The number of hydrogen-bond acceptors (Lipinski definition) is 3. The van der Waals surface area contributed by atoms with Gasteiger partial charge in [0.1, 0.15) is 0 Å². The number of hydrogen-bond donors (Lipinski definition) is 0. The van der Waals surface area contributed by atoms with Crippen molar-refractivity contribution >= 4 is 11.4 Å². The van der Waals surface area contributed by atoms with Gasteiger partial charge >= 0.3 is 25.2 Å².